The van der Waals surface area contributed by atoms with Crippen molar-refractivity contribution in [2.75, 3.05) is 5.32 Å². The molecular weight excluding hydrogens is 216 g/mol. The maximum absolute atomic E-state index is 11.3. The zero-order chi connectivity index (χ0) is 12.3. The number of rotatable bonds is 3. The first-order valence-corrected chi connectivity index (χ1v) is 5.48. The smallest absolute Gasteiger partial charge is 0.273 e. The lowest BCUT2D eigenvalue weighted by molar-refractivity contribution is 0.908. The van der Waals surface area contributed by atoms with Gasteiger partial charge < -0.3 is 5.32 Å². The molecule has 5 heteroatoms. The van der Waals surface area contributed by atoms with E-state index in [4.69, 9.17) is 0 Å². The third-order valence-electron chi connectivity index (χ3n) is 2.49. The van der Waals surface area contributed by atoms with Crippen LogP contribution in [0.15, 0.2) is 29.1 Å². The second kappa shape index (κ2) is 4.78. The highest BCUT2D eigenvalue weighted by atomic mass is 16.1. The molecule has 88 valence electrons. The quantitative estimate of drug-likeness (QED) is 0.843. The molecule has 1 heterocycles. The van der Waals surface area contributed by atoms with Gasteiger partial charge in [0, 0.05) is 5.69 Å². The Hall–Kier alpha value is -2.17. The fraction of sp³-hybridized carbons (Fsp3) is 0.250. The van der Waals surface area contributed by atoms with Gasteiger partial charge in [-0.1, -0.05) is 19.1 Å². The first-order chi connectivity index (χ1) is 8.19. The third-order valence-corrected chi connectivity index (χ3v) is 2.49. The maximum Gasteiger partial charge on any atom is 0.273 e. The second-order valence-corrected chi connectivity index (χ2v) is 3.76. The van der Waals surface area contributed by atoms with Crippen LogP contribution in [-0.2, 0) is 6.42 Å². The van der Waals surface area contributed by atoms with Crippen LogP contribution in [0.25, 0.3) is 0 Å². The number of aryl methyl sites for hydroxylation is 2. The van der Waals surface area contributed by atoms with Gasteiger partial charge in [-0.3, -0.25) is 9.78 Å². The van der Waals surface area contributed by atoms with Crippen LogP contribution in [0.4, 0.5) is 11.6 Å². The van der Waals surface area contributed by atoms with E-state index in [2.05, 4.69) is 27.4 Å². The number of hydrogen-bond acceptors (Lipinski definition) is 4. The van der Waals surface area contributed by atoms with Crippen molar-refractivity contribution < 1.29 is 0 Å². The van der Waals surface area contributed by atoms with E-state index < -0.39 is 0 Å². The van der Waals surface area contributed by atoms with Crippen LogP contribution in [-0.4, -0.2) is 15.2 Å². The lowest BCUT2D eigenvalue weighted by atomic mass is 10.1. The average molecular weight is 230 g/mol. The van der Waals surface area contributed by atoms with E-state index in [1.807, 2.05) is 24.3 Å². The zero-order valence-corrected chi connectivity index (χ0v) is 9.82. The highest BCUT2D eigenvalue weighted by molar-refractivity contribution is 5.53. The number of nitrogens with one attached hydrogen (secondary N) is 2. The van der Waals surface area contributed by atoms with E-state index >= 15 is 0 Å². The number of anilines is 2. The van der Waals surface area contributed by atoms with Gasteiger partial charge >= 0.3 is 0 Å². The van der Waals surface area contributed by atoms with Crippen molar-refractivity contribution in [3.8, 4) is 0 Å². The number of hydrogen-bond donors (Lipinski definition) is 2. The van der Waals surface area contributed by atoms with Crippen molar-refractivity contribution in [1.82, 2.24) is 15.2 Å². The Morgan fingerprint density at radius 3 is 2.53 bits per heavy atom. The number of aromatic nitrogens is 3. The van der Waals surface area contributed by atoms with Gasteiger partial charge in [-0.15, -0.1) is 10.2 Å². The maximum atomic E-state index is 11.3. The fourth-order valence-corrected chi connectivity index (χ4v) is 1.41. The Balaban J connectivity index is 2.19. The standard InChI is InChI=1S/C12H14N4O/c1-3-9-4-6-10(7-5-9)13-12-14-11(17)8(2)15-16-12/h4-7H,3H2,1-2H3,(H2,13,14,16,17). The molecule has 0 atom stereocenters. The number of nitrogens with zero attached hydrogens (tertiary/aromatic N) is 2. The average Bonchev–Trinajstić information content (AvgIpc) is 2.35. The van der Waals surface area contributed by atoms with Crippen LogP contribution in [0.2, 0.25) is 0 Å². The first kappa shape index (κ1) is 11.3. The van der Waals surface area contributed by atoms with Crippen LogP contribution >= 0.6 is 0 Å². The third kappa shape index (κ3) is 2.69. The van der Waals surface area contributed by atoms with Crippen LogP contribution < -0.4 is 10.9 Å². The summed E-state index contributed by atoms with van der Waals surface area (Å²) in [5, 5.41) is 10.6. The van der Waals surface area contributed by atoms with E-state index in [1.165, 1.54) is 5.56 Å². The summed E-state index contributed by atoms with van der Waals surface area (Å²) in [6.07, 6.45) is 1.00. The lowest BCUT2D eigenvalue weighted by Gasteiger charge is -2.05. The summed E-state index contributed by atoms with van der Waals surface area (Å²) in [5.74, 6) is 0.352. The fourth-order valence-electron chi connectivity index (χ4n) is 1.41. The van der Waals surface area contributed by atoms with Crippen LogP contribution in [0, 0.1) is 6.92 Å². The van der Waals surface area contributed by atoms with Crippen LogP contribution in [0.1, 0.15) is 18.2 Å². The molecule has 0 aliphatic rings. The molecule has 0 fully saturated rings. The monoisotopic (exact) mass is 230 g/mol. The second-order valence-electron chi connectivity index (χ2n) is 3.76. The summed E-state index contributed by atoms with van der Waals surface area (Å²) in [6.45, 7) is 3.72. The molecule has 0 radical (unpaired) electrons. The Kier molecular flexibility index (Phi) is 3.18. The topological polar surface area (TPSA) is 70.7 Å². The van der Waals surface area contributed by atoms with Gasteiger partial charge in [0.2, 0.25) is 5.95 Å². The van der Waals surface area contributed by atoms with Gasteiger partial charge in [0.05, 0.1) is 0 Å². The minimum absolute atomic E-state index is 0.229. The molecule has 0 spiro atoms. The number of aromatic amines is 1. The van der Waals surface area contributed by atoms with E-state index in [0.29, 0.717) is 11.6 Å². The normalized spacial score (nSPS) is 10.2. The largest absolute Gasteiger partial charge is 0.324 e. The summed E-state index contributed by atoms with van der Waals surface area (Å²) in [7, 11) is 0. The van der Waals surface area contributed by atoms with Crippen molar-refractivity contribution >= 4 is 11.6 Å². The van der Waals surface area contributed by atoms with E-state index in [-0.39, 0.29) is 5.56 Å². The molecular formula is C12H14N4O. The van der Waals surface area contributed by atoms with Crippen molar-refractivity contribution in [2.45, 2.75) is 20.3 Å². The van der Waals surface area contributed by atoms with E-state index in [1.54, 1.807) is 6.92 Å². The minimum atomic E-state index is -0.229. The van der Waals surface area contributed by atoms with Crippen molar-refractivity contribution in [3.63, 3.8) is 0 Å². The van der Waals surface area contributed by atoms with Gasteiger partial charge in [-0.05, 0) is 31.0 Å². The Morgan fingerprint density at radius 2 is 1.94 bits per heavy atom. The SMILES string of the molecule is CCc1ccc(Nc2nnc(C)c(=O)[nH]2)cc1. The molecule has 0 aliphatic carbocycles. The summed E-state index contributed by atoms with van der Waals surface area (Å²) in [6, 6.07) is 7.95. The van der Waals surface area contributed by atoms with Gasteiger partial charge in [0.15, 0.2) is 0 Å². The van der Waals surface area contributed by atoms with E-state index in [9.17, 15) is 4.79 Å². The summed E-state index contributed by atoms with van der Waals surface area (Å²) < 4.78 is 0. The Labute approximate surface area is 98.9 Å². The van der Waals surface area contributed by atoms with Crippen molar-refractivity contribution in [1.29, 1.82) is 0 Å². The van der Waals surface area contributed by atoms with Gasteiger partial charge in [-0.2, -0.15) is 0 Å². The molecule has 1 aromatic carbocycles. The molecule has 0 unspecified atom stereocenters. The number of benzene rings is 1. The predicted octanol–water partition coefficient (Wildman–Crippen LogP) is 1.78. The summed E-state index contributed by atoms with van der Waals surface area (Å²) >= 11 is 0. The molecule has 0 saturated carbocycles. The first-order valence-electron chi connectivity index (χ1n) is 5.48. The molecule has 0 aliphatic heterocycles. The molecule has 1 aromatic heterocycles. The summed E-state index contributed by atoms with van der Waals surface area (Å²) in [5.41, 5.74) is 2.26. The van der Waals surface area contributed by atoms with Crippen LogP contribution in [0.5, 0.6) is 0 Å². The van der Waals surface area contributed by atoms with Crippen LogP contribution in [0.3, 0.4) is 0 Å². The Bertz CT molecular complexity index is 559. The molecule has 0 saturated heterocycles. The molecule has 0 bridgehead atoms. The zero-order valence-electron chi connectivity index (χ0n) is 9.82. The van der Waals surface area contributed by atoms with Crippen molar-refractivity contribution in [3.05, 3.63) is 45.9 Å². The van der Waals surface area contributed by atoms with E-state index in [0.717, 1.165) is 12.1 Å². The molecule has 2 N–H and O–H groups in total. The minimum Gasteiger partial charge on any atom is -0.324 e. The highest BCUT2D eigenvalue weighted by Crippen LogP contribution is 2.12. The number of H-pyrrole nitrogens is 1. The van der Waals surface area contributed by atoms with Gasteiger partial charge in [0.25, 0.3) is 5.56 Å². The van der Waals surface area contributed by atoms with Crippen molar-refractivity contribution in [2.24, 2.45) is 0 Å². The molecule has 2 aromatic rings. The summed E-state index contributed by atoms with van der Waals surface area (Å²) in [4.78, 5) is 13.9. The highest BCUT2D eigenvalue weighted by Gasteiger charge is 2.00. The van der Waals surface area contributed by atoms with Gasteiger partial charge in [-0.25, -0.2) is 0 Å². The van der Waals surface area contributed by atoms with Gasteiger partial charge in [0.1, 0.15) is 5.69 Å². The molecule has 0 amide bonds. The predicted molar refractivity (Wildman–Crippen MR) is 66.5 cm³/mol. The molecule has 5 nitrogen and oxygen atoms in total. The lowest BCUT2D eigenvalue weighted by Crippen LogP contribution is -2.15. The molecule has 17 heavy (non-hydrogen) atoms. The Morgan fingerprint density at radius 1 is 1.24 bits per heavy atom. The molecule has 2 rings (SSSR count).